The third-order valence-corrected chi connectivity index (χ3v) is 4.96. The van der Waals surface area contributed by atoms with Gasteiger partial charge in [-0.1, -0.05) is 5.16 Å². The van der Waals surface area contributed by atoms with E-state index in [2.05, 4.69) is 15.5 Å². The van der Waals surface area contributed by atoms with Crippen molar-refractivity contribution < 1.29 is 19.2 Å². The smallest absolute Gasteiger partial charge is 0.330 e. The fourth-order valence-corrected chi connectivity index (χ4v) is 3.89. The Bertz CT molecular complexity index is 765. The van der Waals surface area contributed by atoms with Crippen molar-refractivity contribution in [2.45, 2.75) is 25.8 Å². The molecule has 2 aromatic rings. The molecule has 0 spiro atoms. The van der Waals surface area contributed by atoms with Crippen LogP contribution in [0.3, 0.4) is 0 Å². The second-order valence-corrected chi connectivity index (χ2v) is 6.51. The van der Waals surface area contributed by atoms with Gasteiger partial charge in [-0.2, -0.15) is 11.8 Å². The van der Waals surface area contributed by atoms with Crippen LogP contribution in [0, 0.1) is 13.8 Å². The predicted molar refractivity (Wildman–Crippen MR) is 81.1 cm³/mol. The Morgan fingerprint density at radius 3 is 2.86 bits per heavy atom. The first-order chi connectivity index (χ1) is 10.4. The summed E-state index contributed by atoms with van der Waals surface area (Å²) in [5.41, 5.74) is 0.583. The first-order valence-electron chi connectivity index (χ1n) is 6.80. The van der Waals surface area contributed by atoms with Gasteiger partial charge in [0.25, 0.3) is 11.6 Å². The Labute approximate surface area is 130 Å². The summed E-state index contributed by atoms with van der Waals surface area (Å²) in [6.07, 6.45) is 0.411. The van der Waals surface area contributed by atoms with Crippen LogP contribution in [0.2, 0.25) is 0 Å². The van der Waals surface area contributed by atoms with Crippen molar-refractivity contribution in [2.24, 2.45) is 0 Å². The molecule has 1 amide bonds. The monoisotopic (exact) mass is 321 g/mol. The van der Waals surface area contributed by atoms with Crippen molar-refractivity contribution in [1.82, 2.24) is 15.5 Å². The third-order valence-electron chi connectivity index (χ3n) is 3.77. The first-order valence-corrected chi connectivity index (χ1v) is 7.96. The lowest BCUT2D eigenvalue weighted by Gasteiger charge is -2.24. The molecule has 1 saturated heterocycles. The van der Waals surface area contributed by atoms with Crippen LogP contribution in [0.15, 0.2) is 10.6 Å². The SMILES string of the molecule is Cc1cc(C(=O)NC2(C(=O)O)CCSC2)c2c(C)noc2n1. The number of carboxylic acids is 1. The van der Waals surface area contributed by atoms with Crippen molar-refractivity contribution in [3.05, 3.63) is 23.0 Å². The Hall–Kier alpha value is -2.09. The highest BCUT2D eigenvalue weighted by atomic mass is 32.2. The van der Waals surface area contributed by atoms with Gasteiger partial charge in [0, 0.05) is 11.4 Å². The van der Waals surface area contributed by atoms with Gasteiger partial charge in [0.05, 0.1) is 16.6 Å². The maximum absolute atomic E-state index is 12.6. The minimum absolute atomic E-state index is 0.285. The first kappa shape index (κ1) is 14.8. The molecule has 1 aliphatic rings. The van der Waals surface area contributed by atoms with Gasteiger partial charge in [-0.25, -0.2) is 9.78 Å². The number of aromatic nitrogens is 2. The Balaban J connectivity index is 2.02. The molecule has 7 nitrogen and oxygen atoms in total. The fourth-order valence-electron chi connectivity index (χ4n) is 2.57. The summed E-state index contributed by atoms with van der Waals surface area (Å²) in [5, 5.41) is 16.5. The van der Waals surface area contributed by atoms with E-state index in [0.717, 1.165) is 0 Å². The number of nitrogens with one attached hydrogen (secondary N) is 1. The molecule has 1 aliphatic heterocycles. The van der Waals surface area contributed by atoms with E-state index in [9.17, 15) is 14.7 Å². The summed E-state index contributed by atoms with van der Waals surface area (Å²) >= 11 is 1.52. The Morgan fingerprint density at radius 1 is 1.45 bits per heavy atom. The average molecular weight is 321 g/mol. The van der Waals surface area contributed by atoms with Gasteiger partial charge in [-0.05, 0) is 32.1 Å². The quantitative estimate of drug-likeness (QED) is 0.883. The molecule has 1 atom stereocenters. The van der Waals surface area contributed by atoms with Crippen LogP contribution in [0.5, 0.6) is 0 Å². The van der Waals surface area contributed by atoms with Crippen molar-refractivity contribution in [2.75, 3.05) is 11.5 Å². The molecule has 0 aromatic carbocycles. The second kappa shape index (κ2) is 5.28. The third kappa shape index (κ3) is 2.33. The number of aryl methyl sites for hydroxylation is 2. The molecule has 3 heterocycles. The number of carbonyl (C=O) groups excluding carboxylic acids is 1. The molecule has 0 bridgehead atoms. The zero-order valence-corrected chi connectivity index (χ0v) is 13.0. The highest BCUT2D eigenvalue weighted by Gasteiger charge is 2.43. The van der Waals surface area contributed by atoms with Gasteiger partial charge in [0.1, 0.15) is 5.54 Å². The number of rotatable bonds is 3. The van der Waals surface area contributed by atoms with Gasteiger partial charge in [-0.15, -0.1) is 0 Å². The number of hydrogen-bond donors (Lipinski definition) is 2. The minimum Gasteiger partial charge on any atom is -0.479 e. The fraction of sp³-hybridized carbons (Fsp3) is 0.429. The van der Waals surface area contributed by atoms with Crippen LogP contribution in [0.1, 0.15) is 28.2 Å². The summed E-state index contributed by atoms with van der Waals surface area (Å²) in [6.45, 7) is 3.46. The number of carboxylic acid groups (broad SMARTS) is 1. The second-order valence-electron chi connectivity index (χ2n) is 5.40. The van der Waals surface area contributed by atoms with E-state index in [1.807, 2.05) is 0 Å². The summed E-state index contributed by atoms with van der Waals surface area (Å²) in [4.78, 5) is 28.4. The lowest BCUT2D eigenvalue weighted by Crippen LogP contribution is -2.54. The maximum Gasteiger partial charge on any atom is 0.330 e. The van der Waals surface area contributed by atoms with Crippen LogP contribution in [-0.4, -0.2) is 44.2 Å². The molecule has 0 radical (unpaired) electrons. The molecule has 0 aliphatic carbocycles. The van der Waals surface area contributed by atoms with Gasteiger partial charge in [0.2, 0.25) is 0 Å². The van der Waals surface area contributed by atoms with Crippen LogP contribution in [-0.2, 0) is 4.79 Å². The molecule has 2 N–H and O–H groups in total. The highest BCUT2D eigenvalue weighted by molar-refractivity contribution is 7.99. The lowest BCUT2D eigenvalue weighted by atomic mass is 9.98. The molecule has 116 valence electrons. The summed E-state index contributed by atoms with van der Waals surface area (Å²) in [6, 6.07) is 1.62. The van der Waals surface area contributed by atoms with E-state index in [1.165, 1.54) is 11.8 Å². The van der Waals surface area contributed by atoms with E-state index >= 15 is 0 Å². The number of amides is 1. The van der Waals surface area contributed by atoms with Crippen molar-refractivity contribution in [3.8, 4) is 0 Å². The number of nitrogens with zero attached hydrogens (tertiary/aromatic N) is 2. The van der Waals surface area contributed by atoms with Crippen LogP contribution in [0.25, 0.3) is 11.1 Å². The molecule has 3 rings (SSSR count). The van der Waals surface area contributed by atoms with E-state index in [0.29, 0.717) is 40.3 Å². The van der Waals surface area contributed by atoms with Crippen LogP contribution < -0.4 is 5.32 Å². The van der Waals surface area contributed by atoms with Crippen LogP contribution in [0.4, 0.5) is 0 Å². The number of aliphatic carboxylic acids is 1. The molecule has 1 fully saturated rings. The van der Waals surface area contributed by atoms with Gasteiger partial charge in [0.15, 0.2) is 0 Å². The molecular weight excluding hydrogens is 306 g/mol. The van der Waals surface area contributed by atoms with Gasteiger partial charge < -0.3 is 14.9 Å². The summed E-state index contributed by atoms with van der Waals surface area (Å²) in [7, 11) is 0. The summed E-state index contributed by atoms with van der Waals surface area (Å²) < 4.78 is 5.10. The van der Waals surface area contributed by atoms with E-state index in [4.69, 9.17) is 4.52 Å². The minimum atomic E-state index is -1.21. The molecular formula is C14H15N3O4S. The highest BCUT2D eigenvalue weighted by Crippen LogP contribution is 2.29. The predicted octanol–water partition coefficient (Wildman–Crippen LogP) is 1.53. The molecule has 1 unspecified atom stereocenters. The Kier molecular flexibility index (Phi) is 3.56. The Morgan fingerprint density at radius 2 is 2.23 bits per heavy atom. The van der Waals surface area contributed by atoms with E-state index in [-0.39, 0.29) is 5.71 Å². The van der Waals surface area contributed by atoms with E-state index in [1.54, 1.807) is 19.9 Å². The molecule has 22 heavy (non-hydrogen) atoms. The standard InChI is InChI=1S/C14H15N3O4S/c1-7-5-9(10-8(2)17-21-12(10)15-7)11(18)16-14(13(19)20)3-4-22-6-14/h5H,3-4,6H2,1-2H3,(H,16,18)(H,19,20). The zero-order valence-electron chi connectivity index (χ0n) is 12.2. The van der Waals surface area contributed by atoms with Crippen molar-refractivity contribution in [1.29, 1.82) is 0 Å². The molecule has 8 heteroatoms. The number of carbonyl (C=O) groups is 2. The molecule has 2 aromatic heterocycles. The normalized spacial score (nSPS) is 21.2. The molecule has 0 saturated carbocycles. The van der Waals surface area contributed by atoms with E-state index < -0.39 is 17.4 Å². The maximum atomic E-state index is 12.6. The lowest BCUT2D eigenvalue weighted by molar-refractivity contribution is -0.143. The largest absolute Gasteiger partial charge is 0.479 e. The summed E-state index contributed by atoms with van der Waals surface area (Å²) in [5.74, 6) is -0.366. The zero-order chi connectivity index (χ0) is 15.9. The average Bonchev–Trinajstić information content (AvgIpc) is 3.06. The van der Waals surface area contributed by atoms with Gasteiger partial charge in [-0.3, -0.25) is 4.79 Å². The van der Waals surface area contributed by atoms with Crippen LogP contribution >= 0.6 is 11.8 Å². The number of pyridine rings is 1. The number of hydrogen-bond acceptors (Lipinski definition) is 6. The number of fused-ring (bicyclic) bond motifs is 1. The van der Waals surface area contributed by atoms with Crippen molar-refractivity contribution in [3.63, 3.8) is 0 Å². The van der Waals surface area contributed by atoms with Gasteiger partial charge >= 0.3 is 5.97 Å². The van der Waals surface area contributed by atoms with Crippen molar-refractivity contribution >= 4 is 34.7 Å². The topological polar surface area (TPSA) is 105 Å². The number of thioether (sulfide) groups is 1.